The normalized spacial score (nSPS) is 13.9. The van der Waals surface area contributed by atoms with Gasteiger partial charge in [0.1, 0.15) is 14.2 Å². The van der Waals surface area contributed by atoms with Crippen LogP contribution in [0.3, 0.4) is 0 Å². The molecule has 0 fully saturated rings. The van der Waals surface area contributed by atoms with Gasteiger partial charge in [-0.25, -0.2) is 0 Å². The molecule has 0 aromatic heterocycles. The van der Waals surface area contributed by atoms with Crippen molar-refractivity contribution in [2.24, 2.45) is 0 Å². The summed E-state index contributed by atoms with van der Waals surface area (Å²) >= 11 is 0. The van der Waals surface area contributed by atoms with E-state index in [-0.39, 0.29) is 0 Å². The molecule has 0 aliphatic heterocycles. The lowest BCUT2D eigenvalue weighted by Gasteiger charge is -2.19. The highest BCUT2D eigenvalue weighted by atomic mass is 28.3. The van der Waals surface area contributed by atoms with E-state index >= 15 is 0 Å². The minimum absolute atomic E-state index is 0.472. The van der Waals surface area contributed by atoms with Gasteiger partial charge in [-0.15, -0.1) is 12.1 Å². The van der Waals surface area contributed by atoms with Crippen LogP contribution in [0.25, 0.3) is 0 Å². The molecule has 1 N–H and O–H groups in total. The van der Waals surface area contributed by atoms with Crippen LogP contribution in [0, 0.1) is 11.5 Å². The average Bonchev–Trinajstić information content (AvgIpc) is 2.08. The third-order valence-electron chi connectivity index (χ3n) is 2.39. The largest absolute Gasteiger partial charge is 0.380 e. The molecule has 3 heteroatoms. The molecule has 0 bridgehead atoms. The van der Waals surface area contributed by atoms with Crippen LogP contribution in [0.4, 0.5) is 0 Å². The Morgan fingerprint density at radius 2 is 1.69 bits per heavy atom. The quantitative estimate of drug-likeness (QED) is 0.602. The number of allylic oxidation sites excluding steroid dienone is 1. The van der Waals surface area contributed by atoms with E-state index in [0.29, 0.717) is 0 Å². The van der Waals surface area contributed by atoms with E-state index in [1.807, 2.05) is 0 Å². The summed E-state index contributed by atoms with van der Waals surface area (Å²) in [4.78, 5) is 0. The fraction of sp³-hybridized carbons (Fsp3) is 0.692. The number of hydrogen-bond donors (Lipinski definition) is 1. The Labute approximate surface area is 103 Å². The topological polar surface area (TPSA) is 20.2 Å². The fourth-order valence-electron chi connectivity index (χ4n) is 1.06. The van der Waals surface area contributed by atoms with Crippen molar-refractivity contribution in [2.45, 2.75) is 58.2 Å². The average molecular weight is 255 g/mol. The predicted molar refractivity (Wildman–Crippen MR) is 78.8 cm³/mol. The molecular formula is C13H26OSi2. The maximum absolute atomic E-state index is 9.75. The summed E-state index contributed by atoms with van der Waals surface area (Å²) in [6.07, 6.45) is 1.18. The Morgan fingerprint density at radius 3 is 2.06 bits per heavy atom. The summed E-state index contributed by atoms with van der Waals surface area (Å²) < 4.78 is 0. The molecule has 0 amide bonds. The van der Waals surface area contributed by atoms with E-state index in [0.717, 1.165) is 12.8 Å². The van der Waals surface area contributed by atoms with E-state index in [1.54, 1.807) is 0 Å². The van der Waals surface area contributed by atoms with Gasteiger partial charge in [0.2, 0.25) is 0 Å². The summed E-state index contributed by atoms with van der Waals surface area (Å²) in [5.41, 5.74) is 3.20. The summed E-state index contributed by atoms with van der Waals surface area (Å²) in [5, 5.41) is 11.1. The van der Waals surface area contributed by atoms with Gasteiger partial charge in [0.15, 0.2) is 0 Å². The van der Waals surface area contributed by atoms with Gasteiger partial charge < -0.3 is 5.11 Å². The highest BCUT2D eigenvalue weighted by Crippen LogP contribution is 2.18. The maximum Gasteiger partial charge on any atom is 0.129 e. The van der Waals surface area contributed by atoms with Crippen LogP contribution in [0.15, 0.2) is 11.8 Å². The molecule has 0 aliphatic rings. The third-order valence-corrected chi connectivity index (χ3v) is 5.66. The van der Waals surface area contributed by atoms with Crippen molar-refractivity contribution in [2.75, 3.05) is 0 Å². The van der Waals surface area contributed by atoms with E-state index in [1.165, 1.54) is 5.20 Å². The lowest BCUT2D eigenvalue weighted by atomic mass is 10.2. The van der Waals surface area contributed by atoms with Crippen LogP contribution >= 0.6 is 0 Å². The highest BCUT2D eigenvalue weighted by Gasteiger charge is 2.17. The summed E-state index contributed by atoms with van der Waals surface area (Å²) in [7, 11) is -2.58. The van der Waals surface area contributed by atoms with E-state index < -0.39 is 22.3 Å². The number of aliphatic hydroxyl groups excluding tert-OH is 1. The Kier molecular flexibility index (Phi) is 5.74. The molecule has 0 radical (unpaired) electrons. The zero-order chi connectivity index (χ0) is 13.0. The lowest BCUT2D eigenvalue weighted by molar-refractivity contribution is 0.223. The second-order valence-electron chi connectivity index (χ2n) is 6.43. The summed E-state index contributed by atoms with van der Waals surface area (Å²) in [6, 6.07) is 0. The fourth-order valence-corrected chi connectivity index (χ4v) is 2.55. The molecule has 0 spiro atoms. The minimum Gasteiger partial charge on any atom is -0.380 e. The standard InChI is InChI=1S/C13H26OSi2/c1-12(16(5,6)7)8-9-13(14)10-11-15(2,3)4/h13-14H,1,8-9H2,2-7H3. The van der Waals surface area contributed by atoms with Gasteiger partial charge in [-0.05, 0) is 12.8 Å². The van der Waals surface area contributed by atoms with Crippen LogP contribution in [-0.4, -0.2) is 27.4 Å². The highest BCUT2D eigenvalue weighted by molar-refractivity contribution is 6.84. The van der Waals surface area contributed by atoms with Gasteiger partial charge in [-0.3, -0.25) is 0 Å². The molecule has 16 heavy (non-hydrogen) atoms. The monoisotopic (exact) mass is 254 g/mol. The molecule has 1 atom stereocenters. The second-order valence-corrected chi connectivity index (χ2v) is 16.4. The zero-order valence-corrected chi connectivity index (χ0v) is 13.6. The molecule has 0 aromatic rings. The molecule has 92 valence electrons. The number of hydrogen-bond acceptors (Lipinski definition) is 1. The van der Waals surface area contributed by atoms with Crippen molar-refractivity contribution < 1.29 is 5.11 Å². The van der Waals surface area contributed by atoms with Crippen LogP contribution < -0.4 is 0 Å². The first-order valence-electron chi connectivity index (χ1n) is 5.91. The molecule has 0 aromatic carbocycles. The van der Waals surface area contributed by atoms with Crippen LogP contribution in [-0.2, 0) is 0 Å². The Bertz CT molecular complexity index is 297. The third kappa shape index (κ3) is 7.92. The van der Waals surface area contributed by atoms with E-state index in [2.05, 4.69) is 57.3 Å². The van der Waals surface area contributed by atoms with Crippen molar-refractivity contribution in [3.05, 3.63) is 11.8 Å². The molecular weight excluding hydrogens is 228 g/mol. The van der Waals surface area contributed by atoms with Gasteiger partial charge in [0.05, 0.1) is 8.07 Å². The first-order valence-corrected chi connectivity index (χ1v) is 12.9. The predicted octanol–water partition coefficient (Wildman–Crippen LogP) is 3.44. The van der Waals surface area contributed by atoms with Gasteiger partial charge in [-0.1, -0.05) is 50.4 Å². The number of rotatable bonds is 4. The Morgan fingerprint density at radius 1 is 1.19 bits per heavy atom. The molecule has 0 saturated heterocycles. The van der Waals surface area contributed by atoms with Crippen LogP contribution in [0.5, 0.6) is 0 Å². The van der Waals surface area contributed by atoms with Gasteiger partial charge in [-0.2, -0.15) is 0 Å². The molecule has 0 heterocycles. The Hall–Kier alpha value is -0.306. The van der Waals surface area contributed by atoms with Gasteiger partial charge in [0, 0.05) is 0 Å². The van der Waals surface area contributed by atoms with Crippen molar-refractivity contribution in [1.29, 1.82) is 0 Å². The maximum atomic E-state index is 9.75. The Balaban J connectivity index is 4.13. The zero-order valence-electron chi connectivity index (χ0n) is 11.6. The smallest absolute Gasteiger partial charge is 0.129 e. The van der Waals surface area contributed by atoms with Crippen LogP contribution in [0.2, 0.25) is 39.3 Å². The summed E-state index contributed by atoms with van der Waals surface area (Å²) in [6.45, 7) is 17.5. The van der Waals surface area contributed by atoms with E-state index in [4.69, 9.17) is 0 Å². The van der Waals surface area contributed by atoms with Crippen molar-refractivity contribution in [3.63, 3.8) is 0 Å². The summed E-state index contributed by atoms with van der Waals surface area (Å²) in [5.74, 6) is 2.97. The van der Waals surface area contributed by atoms with E-state index in [9.17, 15) is 5.11 Å². The van der Waals surface area contributed by atoms with Gasteiger partial charge in [0.25, 0.3) is 0 Å². The van der Waals surface area contributed by atoms with Crippen molar-refractivity contribution in [3.8, 4) is 11.5 Å². The van der Waals surface area contributed by atoms with Crippen molar-refractivity contribution >= 4 is 16.1 Å². The first kappa shape index (κ1) is 15.7. The minimum atomic E-state index is -1.35. The van der Waals surface area contributed by atoms with Crippen molar-refractivity contribution in [1.82, 2.24) is 0 Å². The molecule has 0 saturated carbocycles. The SMILES string of the molecule is C=C(CCC(O)C#C[Si](C)(C)C)[Si](C)(C)C. The molecule has 0 rings (SSSR count). The van der Waals surface area contributed by atoms with Gasteiger partial charge >= 0.3 is 0 Å². The number of aliphatic hydroxyl groups is 1. The second kappa shape index (κ2) is 5.85. The van der Waals surface area contributed by atoms with Crippen LogP contribution in [0.1, 0.15) is 12.8 Å². The lowest BCUT2D eigenvalue weighted by Crippen LogP contribution is -2.24. The molecule has 1 nitrogen and oxygen atoms in total. The molecule has 0 aliphatic carbocycles. The molecule has 1 unspecified atom stereocenters. The first-order chi connectivity index (χ1) is 7.02.